The van der Waals surface area contributed by atoms with Crippen molar-refractivity contribution in [3.05, 3.63) is 64.7 Å². The molecular formula is C23H24N2O3S. The number of hydrogen-bond acceptors (Lipinski definition) is 4. The SMILES string of the molecule is CCC(Sc1cc(C)c2cc(C)cc(C)c2n1)C(=O)Nc1ccc(C(=O)O)cc1. The first kappa shape index (κ1) is 20.9. The second-order valence-electron chi connectivity index (χ2n) is 7.14. The lowest BCUT2D eigenvalue weighted by atomic mass is 10.0. The highest BCUT2D eigenvalue weighted by Crippen LogP contribution is 2.30. The molecule has 0 saturated heterocycles. The number of hydrogen-bond donors (Lipinski definition) is 2. The van der Waals surface area contributed by atoms with E-state index in [1.165, 1.54) is 29.5 Å². The number of carboxylic acids is 1. The van der Waals surface area contributed by atoms with Crippen molar-refractivity contribution >= 4 is 40.2 Å². The van der Waals surface area contributed by atoms with Gasteiger partial charge in [0.1, 0.15) is 0 Å². The summed E-state index contributed by atoms with van der Waals surface area (Å²) in [5.74, 6) is -1.12. The van der Waals surface area contributed by atoms with Gasteiger partial charge in [0.2, 0.25) is 5.91 Å². The Bertz CT molecular complexity index is 1080. The maximum absolute atomic E-state index is 12.8. The van der Waals surface area contributed by atoms with Gasteiger partial charge in [-0.15, -0.1) is 0 Å². The lowest BCUT2D eigenvalue weighted by Crippen LogP contribution is -2.24. The highest BCUT2D eigenvalue weighted by atomic mass is 32.2. The first-order valence-corrected chi connectivity index (χ1v) is 10.4. The molecule has 0 aliphatic rings. The summed E-state index contributed by atoms with van der Waals surface area (Å²) in [7, 11) is 0. The Hall–Kier alpha value is -2.86. The molecule has 0 aliphatic carbocycles. The minimum Gasteiger partial charge on any atom is -0.478 e. The summed E-state index contributed by atoms with van der Waals surface area (Å²) in [5.41, 5.74) is 5.21. The zero-order valence-electron chi connectivity index (χ0n) is 16.9. The second-order valence-corrected chi connectivity index (χ2v) is 8.36. The highest BCUT2D eigenvalue weighted by Gasteiger charge is 2.20. The van der Waals surface area contributed by atoms with Crippen LogP contribution < -0.4 is 5.32 Å². The van der Waals surface area contributed by atoms with Gasteiger partial charge in [0.05, 0.1) is 21.4 Å². The van der Waals surface area contributed by atoms with Gasteiger partial charge in [0, 0.05) is 11.1 Å². The van der Waals surface area contributed by atoms with Crippen LogP contribution in [0, 0.1) is 20.8 Å². The van der Waals surface area contributed by atoms with Gasteiger partial charge in [-0.3, -0.25) is 4.79 Å². The van der Waals surface area contributed by atoms with Gasteiger partial charge < -0.3 is 10.4 Å². The van der Waals surface area contributed by atoms with Crippen molar-refractivity contribution in [1.29, 1.82) is 0 Å². The van der Waals surface area contributed by atoms with E-state index in [0.29, 0.717) is 12.1 Å². The molecule has 0 saturated carbocycles. The number of aryl methyl sites for hydroxylation is 3. The molecule has 3 rings (SSSR count). The zero-order valence-corrected chi connectivity index (χ0v) is 17.8. The molecule has 5 nitrogen and oxygen atoms in total. The Morgan fingerprint density at radius 3 is 2.38 bits per heavy atom. The molecule has 1 aromatic heterocycles. The number of anilines is 1. The molecule has 6 heteroatoms. The molecule has 3 aromatic rings. The van der Waals surface area contributed by atoms with E-state index in [-0.39, 0.29) is 16.7 Å². The van der Waals surface area contributed by atoms with E-state index in [1.807, 2.05) is 13.0 Å². The predicted molar refractivity (Wildman–Crippen MR) is 118 cm³/mol. The van der Waals surface area contributed by atoms with E-state index in [0.717, 1.165) is 27.1 Å². The standard InChI is InChI=1S/C23H24N2O3S/c1-5-19(22(26)24-17-8-6-16(7-9-17)23(27)28)29-20-12-14(3)18-11-13(2)10-15(4)21(18)25-20/h6-12,19H,5H2,1-4H3,(H,24,26)(H,27,28). The smallest absolute Gasteiger partial charge is 0.335 e. The van der Waals surface area contributed by atoms with Crippen LogP contribution in [0.5, 0.6) is 0 Å². The molecule has 1 amide bonds. The maximum atomic E-state index is 12.8. The van der Waals surface area contributed by atoms with Gasteiger partial charge >= 0.3 is 5.97 Å². The van der Waals surface area contributed by atoms with Crippen LogP contribution in [0.2, 0.25) is 0 Å². The summed E-state index contributed by atoms with van der Waals surface area (Å²) in [5, 5.41) is 13.5. The second kappa shape index (κ2) is 8.66. The van der Waals surface area contributed by atoms with Crippen molar-refractivity contribution in [3.8, 4) is 0 Å². The third-order valence-electron chi connectivity index (χ3n) is 4.76. The Morgan fingerprint density at radius 1 is 1.07 bits per heavy atom. The van der Waals surface area contributed by atoms with Gasteiger partial charge in [-0.1, -0.05) is 30.3 Å². The largest absolute Gasteiger partial charge is 0.478 e. The molecule has 0 radical (unpaired) electrons. The molecule has 0 aliphatic heterocycles. The lowest BCUT2D eigenvalue weighted by molar-refractivity contribution is -0.115. The Balaban J connectivity index is 1.80. The summed E-state index contributed by atoms with van der Waals surface area (Å²) in [6.07, 6.45) is 0.648. The van der Waals surface area contributed by atoms with Crippen molar-refractivity contribution in [3.63, 3.8) is 0 Å². The van der Waals surface area contributed by atoms with Crippen molar-refractivity contribution in [1.82, 2.24) is 4.98 Å². The van der Waals surface area contributed by atoms with E-state index in [2.05, 4.69) is 38.2 Å². The highest BCUT2D eigenvalue weighted by molar-refractivity contribution is 8.00. The fourth-order valence-electron chi connectivity index (χ4n) is 3.26. The van der Waals surface area contributed by atoms with Crippen LogP contribution in [0.15, 0.2) is 47.5 Å². The Kier molecular flexibility index (Phi) is 6.23. The number of fused-ring (bicyclic) bond motifs is 1. The first-order valence-electron chi connectivity index (χ1n) is 9.48. The van der Waals surface area contributed by atoms with Crippen molar-refractivity contribution in [2.24, 2.45) is 0 Å². The average Bonchev–Trinajstić information content (AvgIpc) is 2.67. The van der Waals surface area contributed by atoms with Gasteiger partial charge in [0.15, 0.2) is 0 Å². The van der Waals surface area contributed by atoms with E-state index >= 15 is 0 Å². The molecule has 0 bridgehead atoms. The van der Waals surface area contributed by atoms with Crippen LogP contribution in [-0.2, 0) is 4.79 Å². The van der Waals surface area contributed by atoms with Gasteiger partial charge in [-0.25, -0.2) is 9.78 Å². The quantitative estimate of drug-likeness (QED) is 0.536. The normalized spacial score (nSPS) is 12.0. The summed E-state index contributed by atoms with van der Waals surface area (Å²) >= 11 is 1.45. The van der Waals surface area contributed by atoms with Crippen molar-refractivity contribution in [2.75, 3.05) is 5.32 Å². The average molecular weight is 409 g/mol. The maximum Gasteiger partial charge on any atom is 0.335 e. The van der Waals surface area contributed by atoms with Crippen molar-refractivity contribution in [2.45, 2.75) is 44.4 Å². The summed E-state index contributed by atoms with van der Waals surface area (Å²) < 4.78 is 0. The van der Waals surface area contributed by atoms with Crippen LogP contribution in [0.1, 0.15) is 40.4 Å². The van der Waals surface area contributed by atoms with E-state index in [1.54, 1.807) is 12.1 Å². The number of carbonyl (C=O) groups excluding carboxylic acids is 1. The fraction of sp³-hybridized carbons (Fsp3) is 0.261. The molecule has 1 atom stereocenters. The molecule has 150 valence electrons. The van der Waals surface area contributed by atoms with E-state index in [4.69, 9.17) is 10.1 Å². The lowest BCUT2D eigenvalue weighted by Gasteiger charge is -2.16. The number of amides is 1. The molecular weight excluding hydrogens is 384 g/mol. The van der Waals surface area contributed by atoms with E-state index in [9.17, 15) is 9.59 Å². The van der Waals surface area contributed by atoms with Crippen LogP contribution in [0.3, 0.4) is 0 Å². The Morgan fingerprint density at radius 2 is 1.76 bits per heavy atom. The van der Waals surface area contributed by atoms with Crippen LogP contribution in [0.25, 0.3) is 10.9 Å². The van der Waals surface area contributed by atoms with Gasteiger partial charge in [0.25, 0.3) is 0 Å². The predicted octanol–water partition coefficient (Wildman–Crippen LogP) is 5.37. The number of benzene rings is 2. The molecule has 1 unspecified atom stereocenters. The number of aromatic carboxylic acids is 1. The first-order chi connectivity index (χ1) is 13.8. The number of carboxylic acid groups (broad SMARTS) is 1. The Labute approximate surface area is 174 Å². The summed E-state index contributed by atoms with van der Waals surface area (Å²) in [6, 6.07) is 12.4. The zero-order chi connectivity index (χ0) is 21.1. The van der Waals surface area contributed by atoms with Crippen LogP contribution in [0.4, 0.5) is 5.69 Å². The van der Waals surface area contributed by atoms with Crippen LogP contribution >= 0.6 is 11.8 Å². The number of nitrogens with one attached hydrogen (secondary N) is 1. The number of rotatable bonds is 6. The van der Waals surface area contributed by atoms with Crippen LogP contribution in [-0.4, -0.2) is 27.2 Å². The molecule has 2 N–H and O–H groups in total. The molecule has 2 aromatic carbocycles. The summed E-state index contributed by atoms with van der Waals surface area (Å²) in [4.78, 5) is 28.5. The number of pyridine rings is 1. The number of nitrogens with zero attached hydrogens (tertiary/aromatic N) is 1. The van der Waals surface area contributed by atoms with Gasteiger partial charge in [-0.05, 0) is 74.7 Å². The minimum absolute atomic E-state index is 0.124. The molecule has 29 heavy (non-hydrogen) atoms. The topological polar surface area (TPSA) is 79.3 Å². The van der Waals surface area contributed by atoms with E-state index < -0.39 is 5.97 Å². The number of thioether (sulfide) groups is 1. The molecule has 0 fully saturated rings. The summed E-state index contributed by atoms with van der Waals surface area (Å²) in [6.45, 7) is 8.17. The third kappa shape index (κ3) is 4.77. The molecule has 1 heterocycles. The number of aromatic nitrogens is 1. The number of carbonyl (C=O) groups is 2. The fourth-order valence-corrected chi connectivity index (χ4v) is 4.27. The molecule has 0 spiro atoms. The van der Waals surface area contributed by atoms with Gasteiger partial charge in [-0.2, -0.15) is 0 Å². The monoisotopic (exact) mass is 408 g/mol. The van der Waals surface area contributed by atoms with Crippen molar-refractivity contribution < 1.29 is 14.7 Å². The minimum atomic E-state index is -0.992. The third-order valence-corrected chi connectivity index (χ3v) is 6.04.